The van der Waals surface area contributed by atoms with Crippen LogP contribution < -0.4 is 19.6 Å². The van der Waals surface area contributed by atoms with Crippen LogP contribution >= 0.6 is 22.9 Å². The molecule has 2 aromatic heterocycles. The van der Waals surface area contributed by atoms with Gasteiger partial charge in [-0.15, -0.1) is 0 Å². The van der Waals surface area contributed by atoms with Gasteiger partial charge in [0.1, 0.15) is 23.3 Å². The number of hydrogen-bond donors (Lipinski definition) is 1. The number of carbonyl (C=O) groups is 2. The lowest BCUT2D eigenvalue weighted by molar-refractivity contribution is -0.139. The lowest BCUT2D eigenvalue weighted by Crippen LogP contribution is -2.40. The Morgan fingerprint density at radius 1 is 1.14 bits per heavy atom. The first kappa shape index (κ1) is 29.2. The molecule has 1 N–H and O–H groups in total. The van der Waals surface area contributed by atoms with Crippen LogP contribution in [0.1, 0.15) is 41.6 Å². The summed E-state index contributed by atoms with van der Waals surface area (Å²) in [7, 11) is 1.55. The maximum atomic E-state index is 14.2. The molecule has 6 rings (SSSR count). The third-order valence-corrected chi connectivity index (χ3v) is 8.63. The summed E-state index contributed by atoms with van der Waals surface area (Å²) in [6.07, 6.45) is 1.59. The average Bonchev–Trinajstić information content (AvgIpc) is 3.59. The van der Waals surface area contributed by atoms with Gasteiger partial charge in [-0.2, -0.15) is 0 Å². The van der Waals surface area contributed by atoms with Crippen molar-refractivity contribution in [2.75, 3.05) is 13.7 Å². The van der Waals surface area contributed by atoms with Crippen LogP contribution in [0.25, 0.3) is 28.2 Å². The number of carboxylic acids is 1. The summed E-state index contributed by atoms with van der Waals surface area (Å²) >= 11 is 7.49. The van der Waals surface area contributed by atoms with Gasteiger partial charge in [0.25, 0.3) is 5.56 Å². The first-order chi connectivity index (χ1) is 21.2. The van der Waals surface area contributed by atoms with Gasteiger partial charge in [0.05, 0.1) is 40.1 Å². The third kappa shape index (κ3) is 5.01. The monoisotopic (exact) mass is 628 g/mol. The predicted molar refractivity (Wildman–Crippen MR) is 167 cm³/mol. The SMILES string of the molecule is CCOC(=O)C1=C(C)N=c2s/c(=C\c3ccc(-c4cc(C(=O)O)ccc4Cl)o3)c(=O)n2[C@H]1c1c(OC)ccc2ccccc12. The number of nitrogens with zero attached hydrogens (tertiary/aromatic N) is 2. The number of aromatic nitrogens is 1. The number of allylic oxidation sites excluding steroid dienone is 1. The molecule has 0 bridgehead atoms. The molecule has 0 saturated carbocycles. The Balaban J connectivity index is 1.55. The van der Waals surface area contributed by atoms with Crippen LogP contribution in [0.3, 0.4) is 0 Å². The van der Waals surface area contributed by atoms with Gasteiger partial charge in [-0.3, -0.25) is 9.36 Å². The standard InChI is InChI=1S/C33H25ClN2O7S/c1-4-42-32(40)27-17(2)35-33-36(29(27)28-21-8-6-5-7-18(21)10-13-25(28)41-3)30(37)26(44-33)16-20-11-14-24(43-20)22-15-19(31(38)39)9-12-23(22)34/h5-16,29H,4H2,1-3H3,(H,38,39)/b26-16-/t29-/m1/s1. The maximum absolute atomic E-state index is 14.2. The topological polar surface area (TPSA) is 120 Å². The van der Waals surface area contributed by atoms with E-state index >= 15 is 0 Å². The van der Waals surface area contributed by atoms with Crippen LogP contribution in [0.4, 0.5) is 0 Å². The van der Waals surface area contributed by atoms with E-state index in [2.05, 4.69) is 4.99 Å². The second-order valence-electron chi connectivity index (χ2n) is 9.91. The number of ether oxygens (including phenoxy) is 2. The lowest BCUT2D eigenvalue weighted by Gasteiger charge is -2.27. The van der Waals surface area contributed by atoms with E-state index < -0.39 is 18.0 Å². The zero-order valence-electron chi connectivity index (χ0n) is 23.8. The van der Waals surface area contributed by atoms with Gasteiger partial charge in [-0.25, -0.2) is 14.6 Å². The van der Waals surface area contributed by atoms with Crippen LogP contribution in [0.5, 0.6) is 5.75 Å². The summed E-state index contributed by atoms with van der Waals surface area (Å²) in [5, 5.41) is 11.4. The average molecular weight is 629 g/mol. The van der Waals surface area contributed by atoms with Gasteiger partial charge in [0.2, 0.25) is 0 Å². The van der Waals surface area contributed by atoms with Gasteiger partial charge < -0.3 is 19.0 Å². The van der Waals surface area contributed by atoms with Crippen LogP contribution in [0.15, 0.2) is 92.2 Å². The number of fused-ring (bicyclic) bond motifs is 2. The van der Waals surface area contributed by atoms with Crippen molar-refractivity contribution < 1.29 is 28.6 Å². The summed E-state index contributed by atoms with van der Waals surface area (Å²) < 4.78 is 19.0. The fraction of sp³-hybridized carbons (Fsp3) is 0.152. The molecule has 11 heteroatoms. The second-order valence-corrected chi connectivity index (χ2v) is 11.3. The molecule has 222 valence electrons. The highest BCUT2D eigenvalue weighted by Crippen LogP contribution is 2.40. The van der Waals surface area contributed by atoms with Crippen molar-refractivity contribution >= 4 is 51.7 Å². The summed E-state index contributed by atoms with van der Waals surface area (Å²) in [4.78, 5) is 44.1. The van der Waals surface area contributed by atoms with Crippen molar-refractivity contribution in [2.45, 2.75) is 19.9 Å². The molecule has 44 heavy (non-hydrogen) atoms. The van der Waals surface area contributed by atoms with Crippen molar-refractivity contribution in [3.63, 3.8) is 0 Å². The number of aromatic carboxylic acids is 1. The van der Waals surface area contributed by atoms with Gasteiger partial charge in [0, 0.05) is 17.2 Å². The zero-order valence-corrected chi connectivity index (χ0v) is 25.4. The minimum atomic E-state index is -1.09. The largest absolute Gasteiger partial charge is 0.496 e. The summed E-state index contributed by atoms with van der Waals surface area (Å²) in [5.41, 5.74) is 1.41. The molecule has 1 atom stereocenters. The van der Waals surface area contributed by atoms with Crippen molar-refractivity contribution in [1.29, 1.82) is 0 Å². The Morgan fingerprint density at radius 3 is 2.68 bits per heavy atom. The quantitative estimate of drug-likeness (QED) is 0.234. The molecular weight excluding hydrogens is 604 g/mol. The van der Waals surface area contributed by atoms with Crippen molar-refractivity contribution in [3.05, 3.63) is 120 Å². The van der Waals surface area contributed by atoms with E-state index in [9.17, 15) is 19.5 Å². The molecule has 0 amide bonds. The number of rotatable bonds is 7. The number of carbonyl (C=O) groups excluding carboxylic acids is 1. The van der Waals surface area contributed by atoms with Gasteiger partial charge in [-0.05, 0) is 61.0 Å². The van der Waals surface area contributed by atoms with Crippen molar-refractivity contribution in [3.8, 4) is 17.1 Å². The smallest absolute Gasteiger partial charge is 0.338 e. The molecule has 9 nitrogen and oxygen atoms in total. The number of hydrogen-bond acceptors (Lipinski definition) is 8. The third-order valence-electron chi connectivity index (χ3n) is 7.32. The molecule has 0 fully saturated rings. The fourth-order valence-electron chi connectivity index (χ4n) is 5.35. The number of methoxy groups -OCH3 is 1. The molecule has 0 spiro atoms. The molecule has 0 aliphatic carbocycles. The molecule has 1 aliphatic heterocycles. The lowest BCUT2D eigenvalue weighted by atomic mass is 9.90. The fourth-order valence-corrected chi connectivity index (χ4v) is 6.59. The van der Waals surface area contributed by atoms with E-state index in [1.165, 1.54) is 22.8 Å². The highest BCUT2D eigenvalue weighted by atomic mass is 35.5. The summed E-state index contributed by atoms with van der Waals surface area (Å²) in [6, 6.07) is 18.2. The Kier molecular flexibility index (Phi) is 7.71. The Bertz CT molecular complexity index is 2190. The number of furan rings is 1. The zero-order chi connectivity index (χ0) is 31.1. The number of thiazole rings is 1. The molecular formula is C33H25ClN2O7S. The van der Waals surface area contributed by atoms with E-state index in [0.717, 1.165) is 22.1 Å². The van der Waals surface area contributed by atoms with E-state index in [0.29, 0.717) is 48.5 Å². The number of carboxylic acid groups (broad SMARTS) is 1. The molecule has 5 aromatic rings. The molecule has 3 heterocycles. The Morgan fingerprint density at radius 2 is 1.93 bits per heavy atom. The minimum absolute atomic E-state index is 0.0623. The van der Waals surface area contributed by atoms with E-state index in [-0.39, 0.29) is 23.3 Å². The summed E-state index contributed by atoms with van der Waals surface area (Å²) in [6.45, 7) is 3.60. The number of esters is 1. The molecule has 1 aliphatic rings. The molecule has 0 saturated heterocycles. The van der Waals surface area contributed by atoms with E-state index in [1.54, 1.807) is 39.2 Å². The Labute approximate surface area is 259 Å². The van der Waals surface area contributed by atoms with E-state index in [4.69, 9.17) is 25.5 Å². The number of halogens is 1. The highest BCUT2D eigenvalue weighted by Gasteiger charge is 2.36. The molecule has 0 radical (unpaired) electrons. The van der Waals surface area contributed by atoms with Crippen LogP contribution in [0.2, 0.25) is 5.02 Å². The maximum Gasteiger partial charge on any atom is 0.338 e. The van der Waals surface area contributed by atoms with Gasteiger partial charge >= 0.3 is 11.9 Å². The van der Waals surface area contributed by atoms with Crippen molar-refractivity contribution in [2.24, 2.45) is 4.99 Å². The van der Waals surface area contributed by atoms with Crippen LogP contribution in [0, 0.1) is 0 Å². The minimum Gasteiger partial charge on any atom is -0.496 e. The van der Waals surface area contributed by atoms with Gasteiger partial charge in [0.15, 0.2) is 4.80 Å². The van der Waals surface area contributed by atoms with Crippen LogP contribution in [-0.4, -0.2) is 35.3 Å². The Hall–Kier alpha value is -4.93. The summed E-state index contributed by atoms with van der Waals surface area (Å²) in [5.74, 6) is -0.459. The number of benzene rings is 3. The first-order valence-electron chi connectivity index (χ1n) is 13.6. The van der Waals surface area contributed by atoms with Gasteiger partial charge in [-0.1, -0.05) is 53.3 Å². The van der Waals surface area contributed by atoms with E-state index in [1.807, 2.05) is 36.4 Å². The first-order valence-corrected chi connectivity index (χ1v) is 14.8. The molecule has 0 unspecified atom stereocenters. The second kappa shape index (κ2) is 11.6. The normalized spacial score (nSPS) is 14.8. The predicted octanol–water partition coefficient (Wildman–Crippen LogP) is 5.57. The molecule has 3 aromatic carbocycles. The highest BCUT2D eigenvalue weighted by molar-refractivity contribution is 7.07. The van der Waals surface area contributed by atoms with Crippen molar-refractivity contribution in [1.82, 2.24) is 4.57 Å². The van der Waals surface area contributed by atoms with Crippen LogP contribution in [-0.2, 0) is 9.53 Å².